The molecule has 0 aromatic heterocycles. The van der Waals surface area contributed by atoms with Gasteiger partial charge in [0.1, 0.15) is 0 Å². The summed E-state index contributed by atoms with van der Waals surface area (Å²) < 4.78 is 10.9. The standard InChI is InChI=1S/C24H22ClN3O4/c1-16-8-10-19(13-20(16)25)27-23(29)15-32-21-11-9-17(12-22(21)31-2)14-26-28-24(30)18-6-4-3-5-7-18/h3-14H,15H2,1-2H3,(H,27,29)(H,28,30)/b26-14+. The number of halogens is 1. The number of carbonyl (C=O) groups is 2. The van der Waals surface area contributed by atoms with Crippen LogP contribution >= 0.6 is 11.6 Å². The molecule has 0 saturated heterocycles. The smallest absolute Gasteiger partial charge is 0.271 e. The zero-order chi connectivity index (χ0) is 22.9. The van der Waals surface area contributed by atoms with Crippen molar-refractivity contribution >= 4 is 35.3 Å². The Hall–Kier alpha value is -3.84. The number of anilines is 1. The monoisotopic (exact) mass is 451 g/mol. The summed E-state index contributed by atoms with van der Waals surface area (Å²) in [5.74, 6) is 0.181. The van der Waals surface area contributed by atoms with E-state index >= 15 is 0 Å². The van der Waals surface area contributed by atoms with E-state index in [1.807, 2.05) is 19.1 Å². The van der Waals surface area contributed by atoms with Crippen molar-refractivity contribution in [2.45, 2.75) is 6.92 Å². The number of benzene rings is 3. The number of nitrogens with one attached hydrogen (secondary N) is 2. The lowest BCUT2D eigenvalue weighted by Crippen LogP contribution is -2.20. The van der Waals surface area contributed by atoms with Crippen LogP contribution < -0.4 is 20.2 Å². The quantitative estimate of drug-likeness (QED) is 0.391. The second-order valence-corrected chi connectivity index (χ2v) is 7.18. The van der Waals surface area contributed by atoms with Gasteiger partial charge in [0.05, 0.1) is 13.3 Å². The molecule has 0 aliphatic rings. The van der Waals surface area contributed by atoms with Crippen LogP contribution in [0.15, 0.2) is 71.8 Å². The van der Waals surface area contributed by atoms with Crippen molar-refractivity contribution in [3.05, 3.63) is 88.4 Å². The van der Waals surface area contributed by atoms with Gasteiger partial charge in [0.15, 0.2) is 18.1 Å². The SMILES string of the molecule is COc1cc(/C=N/NC(=O)c2ccccc2)ccc1OCC(=O)Nc1ccc(C)c(Cl)c1. The Kier molecular flexibility index (Phi) is 7.83. The number of hydrogen-bond acceptors (Lipinski definition) is 5. The molecule has 0 aliphatic heterocycles. The number of hydrazone groups is 1. The fourth-order valence-electron chi connectivity index (χ4n) is 2.71. The van der Waals surface area contributed by atoms with Crippen LogP contribution in [0, 0.1) is 6.92 Å². The van der Waals surface area contributed by atoms with E-state index in [0.717, 1.165) is 5.56 Å². The van der Waals surface area contributed by atoms with Gasteiger partial charge in [-0.3, -0.25) is 9.59 Å². The number of carbonyl (C=O) groups excluding carboxylic acids is 2. The molecule has 3 aromatic carbocycles. The Labute approximate surface area is 191 Å². The van der Waals surface area contributed by atoms with E-state index in [1.165, 1.54) is 13.3 Å². The fraction of sp³-hybridized carbons (Fsp3) is 0.125. The van der Waals surface area contributed by atoms with Gasteiger partial charge >= 0.3 is 0 Å². The maximum atomic E-state index is 12.2. The van der Waals surface area contributed by atoms with Crippen molar-refractivity contribution in [1.82, 2.24) is 5.43 Å². The average Bonchev–Trinajstić information content (AvgIpc) is 2.81. The van der Waals surface area contributed by atoms with E-state index in [4.69, 9.17) is 21.1 Å². The topological polar surface area (TPSA) is 89.0 Å². The number of hydrogen-bond donors (Lipinski definition) is 2. The van der Waals surface area contributed by atoms with Crippen LogP contribution in [-0.2, 0) is 4.79 Å². The van der Waals surface area contributed by atoms with Crippen LogP contribution in [-0.4, -0.2) is 31.7 Å². The van der Waals surface area contributed by atoms with E-state index in [0.29, 0.717) is 33.3 Å². The first-order valence-electron chi connectivity index (χ1n) is 9.71. The van der Waals surface area contributed by atoms with Crippen LogP contribution in [0.25, 0.3) is 0 Å². The molecule has 2 amide bonds. The van der Waals surface area contributed by atoms with Gasteiger partial charge in [-0.1, -0.05) is 35.9 Å². The predicted molar refractivity (Wildman–Crippen MR) is 125 cm³/mol. The van der Waals surface area contributed by atoms with Gasteiger partial charge in [-0.15, -0.1) is 0 Å². The molecule has 0 unspecified atom stereocenters. The minimum atomic E-state index is -0.332. The third kappa shape index (κ3) is 6.33. The van der Waals surface area contributed by atoms with Crippen molar-refractivity contribution in [2.75, 3.05) is 19.0 Å². The van der Waals surface area contributed by atoms with Gasteiger partial charge in [-0.25, -0.2) is 5.43 Å². The van der Waals surface area contributed by atoms with Crippen LogP contribution in [0.2, 0.25) is 5.02 Å². The molecule has 3 rings (SSSR count). The van der Waals surface area contributed by atoms with Crippen molar-refractivity contribution in [1.29, 1.82) is 0 Å². The van der Waals surface area contributed by atoms with Crippen molar-refractivity contribution < 1.29 is 19.1 Å². The highest BCUT2D eigenvalue weighted by atomic mass is 35.5. The zero-order valence-corrected chi connectivity index (χ0v) is 18.3. The fourth-order valence-corrected chi connectivity index (χ4v) is 2.89. The summed E-state index contributed by atoms with van der Waals surface area (Å²) in [6, 6.07) is 19.1. The molecule has 0 aliphatic carbocycles. The van der Waals surface area contributed by atoms with Gasteiger partial charge in [0, 0.05) is 16.3 Å². The van der Waals surface area contributed by atoms with Gasteiger partial charge in [-0.2, -0.15) is 5.10 Å². The Bertz CT molecular complexity index is 1130. The number of nitrogens with zero attached hydrogens (tertiary/aromatic N) is 1. The summed E-state index contributed by atoms with van der Waals surface area (Å²) in [6.45, 7) is 1.68. The largest absolute Gasteiger partial charge is 0.493 e. The number of methoxy groups -OCH3 is 1. The highest BCUT2D eigenvalue weighted by molar-refractivity contribution is 6.31. The summed E-state index contributed by atoms with van der Waals surface area (Å²) in [5, 5.41) is 7.26. The number of rotatable bonds is 8. The molecular weight excluding hydrogens is 430 g/mol. The minimum absolute atomic E-state index is 0.206. The molecule has 0 atom stereocenters. The molecule has 0 fully saturated rings. The molecule has 7 nitrogen and oxygen atoms in total. The first-order chi connectivity index (χ1) is 15.5. The zero-order valence-electron chi connectivity index (χ0n) is 17.6. The molecule has 0 bridgehead atoms. The lowest BCUT2D eigenvalue weighted by atomic mass is 10.2. The summed E-state index contributed by atoms with van der Waals surface area (Å²) in [5.41, 5.74) is 5.17. The van der Waals surface area contributed by atoms with Crippen molar-refractivity contribution in [2.24, 2.45) is 5.10 Å². The summed E-state index contributed by atoms with van der Waals surface area (Å²) in [6.07, 6.45) is 1.49. The van der Waals surface area contributed by atoms with E-state index in [9.17, 15) is 9.59 Å². The number of aryl methyl sites for hydroxylation is 1. The maximum Gasteiger partial charge on any atom is 0.271 e. The molecule has 0 saturated carbocycles. The van der Waals surface area contributed by atoms with E-state index < -0.39 is 0 Å². The second-order valence-electron chi connectivity index (χ2n) is 6.78. The van der Waals surface area contributed by atoms with Crippen LogP contribution in [0.5, 0.6) is 11.5 Å². The lowest BCUT2D eigenvalue weighted by Gasteiger charge is -2.12. The van der Waals surface area contributed by atoms with Crippen LogP contribution in [0.3, 0.4) is 0 Å². The molecule has 0 heterocycles. The third-order valence-corrected chi connectivity index (χ3v) is 4.82. The highest BCUT2D eigenvalue weighted by Gasteiger charge is 2.10. The van der Waals surface area contributed by atoms with Crippen molar-refractivity contribution in [3.63, 3.8) is 0 Å². The van der Waals surface area contributed by atoms with Gasteiger partial charge in [-0.05, 0) is 60.5 Å². The van der Waals surface area contributed by atoms with E-state index in [-0.39, 0.29) is 18.4 Å². The summed E-state index contributed by atoms with van der Waals surface area (Å²) in [4.78, 5) is 24.2. The lowest BCUT2D eigenvalue weighted by molar-refractivity contribution is -0.118. The molecule has 164 valence electrons. The van der Waals surface area contributed by atoms with Gasteiger partial charge < -0.3 is 14.8 Å². The Morgan fingerprint density at radius 2 is 1.81 bits per heavy atom. The molecule has 32 heavy (non-hydrogen) atoms. The number of ether oxygens (including phenoxy) is 2. The van der Waals surface area contributed by atoms with Gasteiger partial charge in [0.2, 0.25) is 0 Å². The molecule has 0 radical (unpaired) electrons. The normalized spacial score (nSPS) is 10.6. The molecule has 0 spiro atoms. The molecular formula is C24H22ClN3O4. The Morgan fingerprint density at radius 3 is 2.53 bits per heavy atom. The molecule has 3 aromatic rings. The highest BCUT2D eigenvalue weighted by Crippen LogP contribution is 2.27. The maximum absolute atomic E-state index is 12.2. The Balaban J connectivity index is 1.56. The minimum Gasteiger partial charge on any atom is -0.493 e. The predicted octanol–water partition coefficient (Wildman–Crippen LogP) is 4.44. The average molecular weight is 452 g/mol. The second kappa shape index (κ2) is 11.0. The summed E-state index contributed by atoms with van der Waals surface area (Å²) >= 11 is 6.08. The van der Waals surface area contributed by atoms with Gasteiger partial charge in [0.25, 0.3) is 11.8 Å². The molecule has 2 N–H and O–H groups in total. The third-order valence-electron chi connectivity index (χ3n) is 4.42. The van der Waals surface area contributed by atoms with E-state index in [2.05, 4.69) is 15.8 Å². The van der Waals surface area contributed by atoms with E-state index in [1.54, 1.807) is 54.6 Å². The van der Waals surface area contributed by atoms with Crippen LogP contribution in [0.1, 0.15) is 21.5 Å². The Morgan fingerprint density at radius 1 is 1.03 bits per heavy atom. The first kappa shape index (κ1) is 22.8. The summed E-state index contributed by atoms with van der Waals surface area (Å²) in [7, 11) is 1.49. The van der Waals surface area contributed by atoms with Crippen molar-refractivity contribution in [3.8, 4) is 11.5 Å². The molecule has 8 heteroatoms. The van der Waals surface area contributed by atoms with Crippen LogP contribution in [0.4, 0.5) is 5.69 Å². The first-order valence-corrected chi connectivity index (χ1v) is 10.1. The number of amides is 2.